The van der Waals surface area contributed by atoms with Gasteiger partial charge in [-0.1, -0.05) is 18.2 Å². The lowest BCUT2D eigenvalue weighted by Gasteiger charge is -2.32. The normalized spacial score (nSPS) is 22.5. The average molecular weight is 302 g/mol. The topological polar surface area (TPSA) is 52.6 Å². The average Bonchev–Trinajstić information content (AvgIpc) is 3.32. The van der Waals surface area contributed by atoms with E-state index in [1.807, 2.05) is 18.2 Å². The van der Waals surface area contributed by atoms with Gasteiger partial charge in [0, 0.05) is 31.1 Å². The Labute approximate surface area is 132 Å². The molecular weight excluding hydrogens is 276 g/mol. The number of aromatic hydroxyl groups is 1. The van der Waals surface area contributed by atoms with Crippen LogP contribution in [0.25, 0.3) is 0 Å². The summed E-state index contributed by atoms with van der Waals surface area (Å²) in [5.74, 6) is 1.21. The van der Waals surface area contributed by atoms with Crippen molar-refractivity contribution < 1.29 is 9.90 Å². The van der Waals surface area contributed by atoms with Crippen molar-refractivity contribution in [3.05, 3.63) is 29.8 Å². The minimum atomic E-state index is 0.223. The van der Waals surface area contributed by atoms with Crippen molar-refractivity contribution in [3.63, 3.8) is 0 Å². The molecule has 1 saturated heterocycles. The fourth-order valence-electron chi connectivity index (χ4n) is 3.28. The number of hydrogen-bond donors (Lipinski definition) is 2. The van der Waals surface area contributed by atoms with E-state index in [1.54, 1.807) is 6.07 Å². The van der Waals surface area contributed by atoms with Gasteiger partial charge in [-0.2, -0.15) is 0 Å². The Morgan fingerprint density at radius 3 is 2.86 bits per heavy atom. The maximum atomic E-state index is 11.8. The molecule has 1 aromatic carbocycles. The molecule has 4 nitrogen and oxygen atoms in total. The summed E-state index contributed by atoms with van der Waals surface area (Å²) in [5, 5.41) is 13.0. The molecule has 2 fully saturated rings. The molecule has 4 heteroatoms. The molecule has 1 heterocycles. The number of amides is 1. The van der Waals surface area contributed by atoms with Gasteiger partial charge >= 0.3 is 0 Å². The predicted molar refractivity (Wildman–Crippen MR) is 86.5 cm³/mol. The quantitative estimate of drug-likeness (QED) is 0.849. The molecule has 0 radical (unpaired) electrons. The predicted octanol–water partition coefficient (Wildman–Crippen LogP) is 2.66. The maximum absolute atomic E-state index is 11.8. The summed E-state index contributed by atoms with van der Waals surface area (Å²) in [7, 11) is 0. The molecule has 1 aliphatic heterocycles. The molecule has 1 saturated carbocycles. The molecule has 0 aromatic heterocycles. The van der Waals surface area contributed by atoms with Gasteiger partial charge in [-0.05, 0) is 50.6 Å². The standard InChI is InChI=1S/C18H26N2O2/c21-17-6-2-1-5-15(17)13-20-11-3-4-14(12-20)7-10-18(22)19-16-8-9-16/h1-2,5-6,14,16,21H,3-4,7-13H2,(H,19,22)/t14-/m0/s1. The third-order valence-corrected chi connectivity index (χ3v) is 4.71. The van der Waals surface area contributed by atoms with Gasteiger partial charge in [0.05, 0.1) is 0 Å². The number of likely N-dealkylation sites (tertiary alicyclic amines) is 1. The fraction of sp³-hybridized carbons (Fsp3) is 0.611. The number of piperidine rings is 1. The van der Waals surface area contributed by atoms with Crippen molar-refractivity contribution >= 4 is 5.91 Å². The molecule has 1 atom stereocenters. The van der Waals surface area contributed by atoms with Crippen LogP contribution in [0.15, 0.2) is 24.3 Å². The lowest BCUT2D eigenvalue weighted by Crippen LogP contribution is -2.35. The van der Waals surface area contributed by atoms with Crippen molar-refractivity contribution in [1.82, 2.24) is 10.2 Å². The van der Waals surface area contributed by atoms with Gasteiger partial charge in [-0.15, -0.1) is 0 Å². The van der Waals surface area contributed by atoms with E-state index in [0.717, 1.165) is 44.5 Å². The van der Waals surface area contributed by atoms with Crippen LogP contribution >= 0.6 is 0 Å². The summed E-state index contributed by atoms with van der Waals surface area (Å²) in [6.07, 6.45) is 6.35. The Morgan fingerprint density at radius 1 is 1.27 bits per heavy atom. The zero-order chi connectivity index (χ0) is 15.4. The molecule has 1 aromatic rings. The highest BCUT2D eigenvalue weighted by Gasteiger charge is 2.25. The Hall–Kier alpha value is -1.55. The first-order valence-electron chi connectivity index (χ1n) is 8.49. The number of para-hydroxylation sites is 1. The maximum Gasteiger partial charge on any atom is 0.220 e. The van der Waals surface area contributed by atoms with Crippen LogP contribution in [0, 0.1) is 5.92 Å². The lowest BCUT2D eigenvalue weighted by atomic mass is 9.93. The highest BCUT2D eigenvalue weighted by Crippen LogP contribution is 2.25. The van der Waals surface area contributed by atoms with E-state index in [2.05, 4.69) is 10.2 Å². The summed E-state index contributed by atoms with van der Waals surface area (Å²) >= 11 is 0. The SMILES string of the molecule is O=C(CC[C@@H]1CCCN(Cc2ccccc2O)C1)NC1CC1. The minimum absolute atomic E-state index is 0.223. The van der Waals surface area contributed by atoms with Crippen LogP contribution in [-0.2, 0) is 11.3 Å². The summed E-state index contributed by atoms with van der Waals surface area (Å²) in [4.78, 5) is 14.2. The Bertz CT molecular complexity index is 514. The van der Waals surface area contributed by atoms with E-state index in [1.165, 1.54) is 12.8 Å². The van der Waals surface area contributed by atoms with Crippen molar-refractivity contribution in [2.75, 3.05) is 13.1 Å². The van der Waals surface area contributed by atoms with E-state index in [9.17, 15) is 9.90 Å². The number of hydrogen-bond acceptors (Lipinski definition) is 3. The Kier molecular flexibility index (Phi) is 4.98. The van der Waals surface area contributed by atoms with Crippen LogP contribution in [-0.4, -0.2) is 35.0 Å². The number of rotatable bonds is 6. The molecule has 0 spiro atoms. The molecule has 3 rings (SSSR count). The highest BCUT2D eigenvalue weighted by atomic mass is 16.3. The lowest BCUT2D eigenvalue weighted by molar-refractivity contribution is -0.121. The minimum Gasteiger partial charge on any atom is -0.508 e. The number of carbonyl (C=O) groups excluding carboxylic acids is 1. The van der Waals surface area contributed by atoms with E-state index < -0.39 is 0 Å². The van der Waals surface area contributed by atoms with Crippen molar-refractivity contribution in [1.29, 1.82) is 0 Å². The van der Waals surface area contributed by atoms with Crippen molar-refractivity contribution in [2.45, 2.75) is 51.1 Å². The van der Waals surface area contributed by atoms with Crippen molar-refractivity contribution in [2.24, 2.45) is 5.92 Å². The third kappa shape index (κ3) is 4.47. The molecular formula is C18H26N2O2. The number of benzene rings is 1. The summed E-state index contributed by atoms with van der Waals surface area (Å²) < 4.78 is 0. The zero-order valence-corrected chi connectivity index (χ0v) is 13.1. The second-order valence-corrected chi connectivity index (χ2v) is 6.75. The summed E-state index contributed by atoms with van der Waals surface area (Å²) in [5.41, 5.74) is 0.995. The molecule has 22 heavy (non-hydrogen) atoms. The first-order chi connectivity index (χ1) is 10.7. The van der Waals surface area contributed by atoms with Gasteiger partial charge in [-0.25, -0.2) is 0 Å². The van der Waals surface area contributed by atoms with Gasteiger partial charge < -0.3 is 10.4 Å². The van der Waals surface area contributed by atoms with Gasteiger partial charge in [0.25, 0.3) is 0 Å². The van der Waals surface area contributed by atoms with Crippen LogP contribution in [0.5, 0.6) is 5.75 Å². The molecule has 2 N–H and O–H groups in total. The van der Waals surface area contributed by atoms with Gasteiger partial charge in [-0.3, -0.25) is 9.69 Å². The smallest absolute Gasteiger partial charge is 0.220 e. The number of nitrogens with one attached hydrogen (secondary N) is 1. The molecule has 2 aliphatic rings. The largest absolute Gasteiger partial charge is 0.508 e. The Balaban J connectivity index is 1.44. The number of phenolic OH excluding ortho intramolecular Hbond substituents is 1. The second kappa shape index (κ2) is 7.14. The van der Waals surface area contributed by atoms with E-state index in [-0.39, 0.29) is 5.91 Å². The Morgan fingerprint density at radius 2 is 2.09 bits per heavy atom. The van der Waals surface area contributed by atoms with Crippen LogP contribution in [0.1, 0.15) is 44.1 Å². The van der Waals surface area contributed by atoms with Crippen LogP contribution in [0.2, 0.25) is 0 Å². The number of nitrogens with zero attached hydrogens (tertiary/aromatic N) is 1. The fourth-order valence-corrected chi connectivity index (χ4v) is 3.28. The molecule has 1 aliphatic carbocycles. The van der Waals surface area contributed by atoms with Crippen LogP contribution < -0.4 is 5.32 Å². The third-order valence-electron chi connectivity index (χ3n) is 4.71. The van der Waals surface area contributed by atoms with Gasteiger partial charge in [0.1, 0.15) is 5.75 Å². The van der Waals surface area contributed by atoms with Crippen LogP contribution in [0.4, 0.5) is 0 Å². The van der Waals surface area contributed by atoms with E-state index in [4.69, 9.17) is 0 Å². The van der Waals surface area contributed by atoms with E-state index in [0.29, 0.717) is 24.1 Å². The van der Waals surface area contributed by atoms with E-state index >= 15 is 0 Å². The molecule has 0 unspecified atom stereocenters. The first-order valence-corrected chi connectivity index (χ1v) is 8.49. The van der Waals surface area contributed by atoms with Crippen LogP contribution in [0.3, 0.4) is 0 Å². The number of carbonyl (C=O) groups is 1. The monoisotopic (exact) mass is 302 g/mol. The molecule has 120 valence electrons. The summed E-state index contributed by atoms with van der Waals surface area (Å²) in [6.45, 7) is 2.92. The summed E-state index contributed by atoms with van der Waals surface area (Å²) in [6, 6.07) is 8.03. The molecule has 0 bridgehead atoms. The second-order valence-electron chi connectivity index (χ2n) is 6.75. The highest BCUT2D eigenvalue weighted by molar-refractivity contribution is 5.76. The zero-order valence-electron chi connectivity index (χ0n) is 13.1. The molecule has 1 amide bonds. The first kappa shape index (κ1) is 15.3. The van der Waals surface area contributed by atoms with Gasteiger partial charge in [0.15, 0.2) is 0 Å². The van der Waals surface area contributed by atoms with Crippen molar-refractivity contribution in [3.8, 4) is 5.75 Å². The van der Waals surface area contributed by atoms with Gasteiger partial charge in [0.2, 0.25) is 5.91 Å². The number of phenols is 1.